The van der Waals surface area contributed by atoms with E-state index in [0.29, 0.717) is 18.2 Å². The summed E-state index contributed by atoms with van der Waals surface area (Å²) in [6.07, 6.45) is 2.19. The number of anilines is 1. The first-order valence-electron chi connectivity index (χ1n) is 8.34. The molecule has 0 spiro atoms. The molecule has 130 valence electrons. The van der Waals surface area contributed by atoms with Gasteiger partial charge >= 0.3 is 0 Å². The average Bonchev–Trinajstić information content (AvgIpc) is 2.72. The summed E-state index contributed by atoms with van der Waals surface area (Å²) in [5.74, 6) is 1.69. The summed E-state index contributed by atoms with van der Waals surface area (Å²) in [6, 6.07) is 19.7. The van der Waals surface area contributed by atoms with Gasteiger partial charge < -0.3 is 9.47 Å². The summed E-state index contributed by atoms with van der Waals surface area (Å²) in [4.78, 5) is 8.39. The van der Waals surface area contributed by atoms with Gasteiger partial charge in [0.05, 0.1) is 12.8 Å². The monoisotopic (exact) mass is 346 g/mol. The van der Waals surface area contributed by atoms with E-state index >= 15 is 0 Å². The molecule has 0 aliphatic carbocycles. The number of nitrogens with zero attached hydrogens (tertiary/aromatic N) is 3. The molecule has 0 amide bonds. The quantitative estimate of drug-likeness (QED) is 0.727. The molecular weight excluding hydrogens is 328 g/mol. The van der Waals surface area contributed by atoms with Gasteiger partial charge in [-0.1, -0.05) is 42.5 Å². The second kappa shape index (κ2) is 7.23. The summed E-state index contributed by atoms with van der Waals surface area (Å²) in [7, 11) is 1.57. The van der Waals surface area contributed by atoms with E-state index in [-0.39, 0.29) is 6.10 Å². The van der Waals surface area contributed by atoms with Gasteiger partial charge in [-0.2, -0.15) is 10.1 Å². The Kier molecular flexibility index (Phi) is 4.47. The minimum absolute atomic E-state index is 0.0853. The Morgan fingerprint density at radius 3 is 2.73 bits per heavy atom. The standard InChI is InChI=1S/C20H18N4O2/c1-25-19-11-12-21-20(22-19)24-23-16-13-18(14-7-3-2-4-8-14)26-17-10-6-5-9-15(16)17/h2-12,18H,13H2,1H3,(H,21,22,24). The summed E-state index contributed by atoms with van der Waals surface area (Å²) >= 11 is 0. The number of ether oxygens (including phenoxy) is 2. The number of rotatable bonds is 4. The summed E-state index contributed by atoms with van der Waals surface area (Å²) in [5, 5.41) is 4.55. The van der Waals surface area contributed by atoms with Crippen molar-refractivity contribution in [3.05, 3.63) is 78.0 Å². The maximum atomic E-state index is 6.18. The molecule has 1 N–H and O–H groups in total. The van der Waals surface area contributed by atoms with Crippen molar-refractivity contribution in [2.75, 3.05) is 12.5 Å². The normalized spacial score (nSPS) is 17.3. The van der Waals surface area contributed by atoms with Crippen molar-refractivity contribution in [2.45, 2.75) is 12.5 Å². The highest BCUT2D eigenvalue weighted by molar-refractivity contribution is 6.04. The van der Waals surface area contributed by atoms with Crippen molar-refractivity contribution in [1.29, 1.82) is 0 Å². The summed E-state index contributed by atoms with van der Waals surface area (Å²) < 4.78 is 11.3. The van der Waals surface area contributed by atoms with Crippen LogP contribution in [0.25, 0.3) is 0 Å². The SMILES string of the molecule is COc1ccnc(NN=C2CC(c3ccccc3)Oc3ccccc32)n1. The van der Waals surface area contributed by atoms with Crippen LogP contribution in [0.5, 0.6) is 11.6 Å². The van der Waals surface area contributed by atoms with E-state index in [2.05, 4.69) is 32.6 Å². The second-order valence-corrected chi connectivity index (χ2v) is 5.81. The number of fused-ring (bicyclic) bond motifs is 1. The fourth-order valence-electron chi connectivity index (χ4n) is 2.87. The smallest absolute Gasteiger partial charge is 0.246 e. The van der Waals surface area contributed by atoms with Gasteiger partial charge in [0.25, 0.3) is 0 Å². The summed E-state index contributed by atoms with van der Waals surface area (Å²) in [5.41, 5.74) is 5.91. The van der Waals surface area contributed by atoms with E-state index in [1.54, 1.807) is 19.4 Å². The van der Waals surface area contributed by atoms with Gasteiger partial charge in [-0.15, -0.1) is 0 Å². The summed E-state index contributed by atoms with van der Waals surface area (Å²) in [6.45, 7) is 0. The van der Waals surface area contributed by atoms with Crippen molar-refractivity contribution >= 4 is 11.7 Å². The third-order valence-corrected chi connectivity index (χ3v) is 4.15. The Labute approximate surface area is 151 Å². The first-order chi connectivity index (χ1) is 12.8. The number of para-hydroxylation sites is 1. The highest BCUT2D eigenvalue weighted by Gasteiger charge is 2.26. The largest absolute Gasteiger partial charge is 0.485 e. The number of methoxy groups -OCH3 is 1. The maximum Gasteiger partial charge on any atom is 0.246 e. The van der Waals surface area contributed by atoms with Gasteiger partial charge in [0.15, 0.2) is 0 Å². The third kappa shape index (κ3) is 3.35. The highest BCUT2D eigenvalue weighted by Crippen LogP contribution is 2.35. The zero-order chi connectivity index (χ0) is 17.8. The van der Waals surface area contributed by atoms with Crippen LogP contribution in [0.2, 0.25) is 0 Å². The van der Waals surface area contributed by atoms with Gasteiger partial charge in [0, 0.05) is 24.2 Å². The third-order valence-electron chi connectivity index (χ3n) is 4.15. The van der Waals surface area contributed by atoms with Crippen molar-refractivity contribution in [1.82, 2.24) is 9.97 Å². The molecule has 1 aliphatic heterocycles. The molecule has 6 nitrogen and oxygen atoms in total. The Morgan fingerprint density at radius 2 is 1.88 bits per heavy atom. The van der Waals surface area contributed by atoms with Crippen LogP contribution in [0.4, 0.5) is 5.95 Å². The van der Waals surface area contributed by atoms with E-state index in [1.807, 2.05) is 42.5 Å². The minimum Gasteiger partial charge on any atom is -0.485 e. The van der Waals surface area contributed by atoms with Crippen LogP contribution in [0.15, 0.2) is 72.0 Å². The lowest BCUT2D eigenvalue weighted by atomic mass is 9.96. The molecule has 2 heterocycles. The molecule has 0 saturated carbocycles. The Morgan fingerprint density at radius 1 is 1.08 bits per heavy atom. The zero-order valence-electron chi connectivity index (χ0n) is 14.3. The van der Waals surface area contributed by atoms with Crippen LogP contribution in [0, 0.1) is 0 Å². The van der Waals surface area contributed by atoms with E-state index in [4.69, 9.17) is 9.47 Å². The molecule has 1 unspecified atom stereocenters. The Balaban J connectivity index is 1.64. The molecule has 26 heavy (non-hydrogen) atoms. The van der Waals surface area contributed by atoms with Crippen LogP contribution in [-0.4, -0.2) is 22.8 Å². The lowest BCUT2D eigenvalue weighted by Crippen LogP contribution is -2.22. The van der Waals surface area contributed by atoms with Gasteiger partial charge in [-0.05, 0) is 17.7 Å². The number of nitrogens with one attached hydrogen (secondary N) is 1. The van der Waals surface area contributed by atoms with E-state index in [9.17, 15) is 0 Å². The molecule has 3 aromatic rings. The number of aromatic nitrogens is 2. The Bertz CT molecular complexity index is 928. The minimum atomic E-state index is -0.0853. The molecular formula is C20H18N4O2. The van der Waals surface area contributed by atoms with Gasteiger partial charge in [-0.3, -0.25) is 0 Å². The fourth-order valence-corrected chi connectivity index (χ4v) is 2.87. The molecule has 0 bridgehead atoms. The Hall–Kier alpha value is -3.41. The van der Waals surface area contributed by atoms with E-state index in [1.165, 1.54) is 0 Å². The molecule has 1 atom stereocenters. The van der Waals surface area contributed by atoms with Crippen molar-refractivity contribution < 1.29 is 9.47 Å². The highest BCUT2D eigenvalue weighted by atomic mass is 16.5. The predicted octanol–water partition coefficient (Wildman–Crippen LogP) is 3.83. The van der Waals surface area contributed by atoms with Crippen molar-refractivity contribution in [2.24, 2.45) is 5.10 Å². The molecule has 1 aromatic heterocycles. The fraction of sp³-hybridized carbons (Fsp3) is 0.150. The first-order valence-corrected chi connectivity index (χ1v) is 8.34. The van der Waals surface area contributed by atoms with Crippen LogP contribution in [0.3, 0.4) is 0 Å². The lowest BCUT2D eigenvalue weighted by molar-refractivity contribution is 0.206. The van der Waals surface area contributed by atoms with Gasteiger partial charge in [0.1, 0.15) is 11.9 Å². The van der Waals surface area contributed by atoms with Gasteiger partial charge in [-0.25, -0.2) is 10.4 Å². The maximum absolute atomic E-state index is 6.18. The van der Waals surface area contributed by atoms with Crippen LogP contribution < -0.4 is 14.9 Å². The number of benzene rings is 2. The molecule has 6 heteroatoms. The van der Waals surface area contributed by atoms with Crippen molar-refractivity contribution in [3.8, 4) is 11.6 Å². The van der Waals surface area contributed by atoms with Crippen LogP contribution in [-0.2, 0) is 0 Å². The number of hydrazone groups is 1. The predicted molar refractivity (Wildman–Crippen MR) is 99.6 cm³/mol. The topological polar surface area (TPSA) is 68.6 Å². The molecule has 1 aliphatic rings. The first kappa shape index (κ1) is 16.1. The van der Waals surface area contributed by atoms with Crippen LogP contribution in [0.1, 0.15) is 23.7 Å². The molecule has 0 fully saturated rings. The van der Waals surface area contributed by atoms with Crippen molar-refractivity contribution in [3.63, 3.8) is 0 Å². The lowest BCUT2D eigenvalue weighted by Gasteiger charge is -2.27. The number of hydrogen-bond donors (Lipinski definition) is 1. The molecule has 2 aromatic carbocycles. The number of hydrogen-bond acceptors (Lipinski definition) is 6. The van der Waals surface area contributed by atoms with E-state index in [0.717, 1.165) is 22.6 Å². The van der Waals surface area contributed by atoms with Gasteiger partial charge in [0.2, 0.25) is 11.8 Å². The molecule has 0 radical (unpaired) electrons. The van der Waals surface area contributed by atoms with Crippen LogP contribution >= 0.6 is 0 Å². The molecule has 0 saturated heterocycles. The average molecular weight is 346 g/mol. The van der Waals surface area contributed by atoms with E-state index < -0.39 is 0 Å². The molecule has 4 rings (SSSR count). The zero-order valence-corrected chi connectivity index (χ0v) is 14.3. The second-order valence-electron chi connectivity index (χ2n) is 5.81.